The van der Waals surface area contributed by atoms with E-state index in [4.69, 9.17) is 0 Å². The Bertz CT molecular complexity index is 444. The molecule has 0 saturated carbocycles. The van der Waals surface area contributed by atoms with Crippen molar-refractivity contribution in [2.24, 2.45) is 0 Å². The molecule has 0 unspecified atom stereocenters. The van der Waals surface area contributed by atoms with E-state index >= 15 is 0 Å². The standard InChI is InChI=1S/C8H4F6INO2/c1-17-6-3(15)2-4(18-8(12,13)14)5(16-6)7(9,10)11/h2H,1H3. The monoisotopic (exact) mass is 387 g/mol. The number of rotatable bonds is 2. The van der Waals surface area contributed by atoms with E-state index in [-0.39, 0.29) is 3.57 Å². The number of pyridine rings is 1. The van der Waals surface area contributed by atoms with E-state index in [1.807, 2.05) is 0 Å². The van der Waals surface area contributed by atoms with Crippen molar-refractivity contribution in [2.75, 3.05) is 7.11 Å². The van der Waals surface area contributed by atoms with Crippen molar-refractivity contribution in [3.63, 3.8) is 0 Å². The lowest BCUT2D eigenvalue weighted by atomic mass is 10.3. The molecule has 10 heteroatoms. The maximum absolute atomic E-state index is 12.5. The largest absolute Gasteiger partial charge is 0.573 e. The van der Waals surface area contributed by atoms with Crippen molar-refractivity contribution in [3.05, 3.63) is 15.3 Å². The number of halogens is 7. The van der Waals surface area contributed by atoms with Gasteiger partial charge in [-0.25, -0.2) is 4.98 Å². The molecule has 1 aromatic heterocycles. The summed E-state index contributed by atoms with van der Waals surface area (Å²) in [7, 11) is 1.05. The molecule has 0 N–H and O–H groups in total. The Labute approximate surface area is 110 Å². The minimum Gasteiger partial charge on any atom is -0.480 e. The van der Waals surface area contributed by atoms with Gasteiger partial charge in [0.25, 0.3) is 0 Å². The lowest BCUT2D eigenvalue weighted by Gasteiger charge is -2.15. The smallest absolute Gasteiger partial charge is 0.480 e. The fourth-order valence-corrected chi connectivity index (χ4v) is 1.63. The predicted octanol–water partition coefficient (Wildman–Crippen LogP) is 3.61. The van der Waals surface area contributed by atoms with Crippen LogP contribution in [0.1, 0.15) is 5.69 Å². The number of alkyl halides is 6. The SMILES string of the molecule is COc1nc(C(F)(F)F)c(OC(F)(F)F)cc1I. The van der Waals surface area contributed by atoms with Gasteiger partial charge < -0.3 is 9.47 Å². The Morgan fingerprint density at radius 2 is 1.72 bits per heavy atom. The molecule has 102 valence electrons. The summed E-state index contributed by atoms with van der Waals surface area (Å²) in [6.45, 7) is 0. The summed E-state index contributed by atoms with van der Waals surface area (Å²) in [5.74, 6) is -1.85. The van der Waals surface area contributed by atoms with Crippen LogP contribution in [0.2, 0.25) is 0 Å². The highest BCUT2D eigenvalue weighted by atomic mass is 127. The molecule has 0 radical (unpaired) electrons. The molecule has 0 spiro atoms. The summed E-state index contributed by atoms with van der Waals surface area (Å²) in [5.41, 5.74) is -1.79. The van der Waals surface area contributed by atoms with Crippen LogP contribution in [-0.2, 0) is 6.18 Å². The predicted molar refractivity (Wildman–Crippen MR) is 55.2 cm³/mol. The molecular weight excluding hydrogens is 383 g/mol. The molecule has 0 saturated heterocycles. The zero-order valence-electron chi connectivity index (χ0n) is 8.49. The molecule has 0 amide bonds. The van der Waals surface area contributed by atoms with E-state index in [1.54, 1.807) is 0 Å². The van der Waals surface area contributed by atoms with E-state index in [9.17, 15) is 26.3 Å². The van der Waals surface area contributed by atoms with Crippen LogP contribution in [0.15, 0.2) is 6.07 Å². The third kappa shape index (κ3) is 3.78. The number of ether oxygens (including phenoxy) is 2. The number of nitrogens with zero attached hydrogens (tertiary/aromatic N) is 1. The second-order valence-corrected chi connectivity index (χ2v) is 4.03. The first-order valence-corrected chi connectivity index (χ1v) is 5.20. The second kappa shape index (κ2) is 4.97. The quantitative estimate of drug-likeness (QED) is 0.574. The molecule has 18 heavy (non-hydrogen) atoms. The normalized spacial score (nSPS) is 12.4. The van der Waals surface area contributed by atoms with Crippen molar-refractivity contribution in [3.8, 4) is 11.6 Å². The summed E-state index contributed by atoms with van der Waals surface area (Å²) < 4.78 is 81.2. The van der Waals surface area contributed by atoms with Crippen LogP contribution in [0.5, 0.6) is 11.6 Å². The van der Waals surface area contributed by atoms with Gasteiger partial charge in [-0.3, -0.25) is 0 Å². The average molecular weight is 387 g/mol. The molecule has 1 heterocycles. The Kier molecular flexibility index (Phi) is 4.18. The van der Waals surface area contributed by atoms with Crippen molar-refractivity contribution in [1.82, 2.24) is 4.98 Å². The Hall–Kier alpha value is -0.940. The van der Waals surface area contributed by atoms with Crippen molar-refractivity contribution in [1.29, 1.82) is 0 Å². The van der Waals surface area contributed by atoms with Gasteiger partial charge >= 0.3 is 12.5 Å². The minimum absolute atomic E-state index is 0.0395. The van der Waals surface area contributed by atoms with Gasteiger partial charge in [-0.15, -0.1) is 13.2 Å². The van der Waals surface area contributed by atoms with Crippen LogP contribution in [0, 0.1) is 3.57 Å². The summed E-state index contributed by atoms with van der Waals surface area (Å²) in [4.78, 5) is 2.97. The van der Waals surface area contributed by atoms with E-state index in [1.165, 1.54) is 22.6 Å². The summed E-state index contributed by atoms with van der Waals surface area (Å²) in [6.07, 6.45) is -10.3. The zero-order chi connectivity index (χ0) is 14.1. The number of hydrogen-bond acceptors (Lipinski definition) is 3. The van der Waals surface area contributed by atoms with Gasteiger partial charge in [0.2, 0.25) is 5.88 Å². The first-order chi connectivity index (χ1) is 8.04. The van der Waals surface area contributed by atoms with E-state index in [2.05, 4.69) is 14.5 Å². The van der Waals surface area contributed by atoms with Crippen molar-refractivity contribution >= 4 is 22.6 Å². The maximum atomic E-state index is 12.5. The van der Waals surface area contributed by atoms with Gasteiger partial charge in [0.05, 0.1) is 10.7 Å². The molecule has 0 aliphatic heterocycles. The van der Waals surface area contributed by atoms with Crippen molar-refractivity contribution in [2.45, 2.75) is 12.5 Å². The highest BCUT2D eigenvalue weighted by molar-refractivity contribution is 14.1. The average Bonchev–Trinajstić information content (AvgIpc) is 2.13. The summed E-state index contributed by atoms with van der Waals surface area (Å²) in [5, 5.41) is 0. The molecule has 0 bridgehead atoms. The fourth-order valence-electron chi connectivity index (χ4n) is 1.00. The zero-order valence-corrected chi connectivity index (χ0v) is 10.6. The summed E-state index contributed by atoms with van der Waals surface area (Å²) >= 11 is 1.48. The molecule has 0 aliphatic rings. The molecule has 3 nitrogen and oxygen atoms in total. The molecule has 1 rings (SSSR count). The Balaban J connectivity index is 3.35. The van der Waals surface area contributed by atoms with Crippen LogP contribution in [0.25, 0.3) is 0 Å². The van der Waals surface area contributed by atoms with Gasteiger partial charge in [0.15, 0.2) is 11.4 Å². The molecular formula is C8H4F6INO2. The van der Waals surface area contributed by atoms with Gasteiger partial charge in [0, 0.05) is 6.07 Å². The lowest BCUT2D eigenvalue weighted by molar-refractivity contribution is -0.276. The third-order valence-corrected chi connectivity index (χ3v) is 2.37. The Morgan fingerprint density at radius 1 is 1.17 bits per heavy atom. The van der Waals surface area contributed by atoms with Gasteiger partial charge in [-0.1, -0.05) is 0 Å². The third-order valence-electron chi connectivity index (χ3n) is 1.60. The first-order valence-electron chi connectivity index (χ1n) is 4.12. The molecule has 1 aromatic rings. The highest BCUT2D eigenvalue weighted by Crippen LogP contribution is 2.39. The number of methoxy groups -OCH3 is 1. The van der Waals surface area contributed by atoms with Crippen LogP contribution >= 0.6 is 22.6 Å². The molecule has 0 fully saturated rings. The van der Waals surface area contributed by atoms with Crippen LogP contribution in [-0.4, -0.2) is 18.5 Å². The van der Waals surface area contributed by atoms with E-state index in [0.717, 1.165) is 7.11 Å². The molecule has 0 aromatic carbocycles. The van der Waals surface area contributed by atoms with Crippen molar-refractivity contribution < 1.29 is 35.8 Å². The van der Waals surface area contributed by atoms with Gasteiger partial charge in [-0.05, 0) is 22.6 Å². The molecule has 0 aliphatic carbocycles. The summed E-state index contributed by atoms with van der Waals surface area (Å²) in [6, 6.07) is 0.558. The maximum Gasteiger partial charge on any atom is 0.573 e. The van der Waals surface area contributed by atoms with E-state index < -0.39 is 29.9 Å². The van der Waals surface area contributed by atoms with Gasteiger partial charge in [0.1, 0.15) is 0 Å². The number of aromatic nitrogens is 1. The highest BCUT2D eigenvalue weighted by Gasteiger charge is 2.41. The van der Waals surface area contributed by atoms with Gasteiger partial charge in [-0.2, -0.15) is 13.2 Å². The molecule has 0 atom stereocenters. The fraction of sp³-hybridized carbons (Fsp3) is 0.375. The van der Waals surface area contributed by atoms with Crippen LogP contribution in [0.4, 0.5) is 26.3 Å². The topological polar surface area (TPSA) is 31.4 Å². The van der Waals surface area contributed by atoms with Crippen LogP contribution in [0.3, 0.4) is 0 Å². The van der Waals surface area contributed by atoms with Crippen LogP contribution < -0.4 is 9.47 Å². The van der Waals surface area contributed by atoms with E-state index in [0.29, 0.717) is 6.07 Å². The lowest BCUT2D eigenvalue weighted by Crippen LogP contribution is -2.21. The second-order valence-electron chi connectivity index (χ2n) is 2.87. The Morgan fingerprint density at radius 3 is 2.11 bits per heavy atom. The minimum atomic E-state index is -5.24. The first kappa shape index (κ1) is 15.1. The number of hydrogen-bond donors (Lipinski definition) is 0.